The van der Waals surface area contributed by atoms with Crippen LogP contribution in [0.2, 0.25) is 0 Å². The number of phenolic OH excluding ortho intramolecular Hbond substituents is 1. The number of fused-ring (bicyclic) bond motifs is 3. The summed E-state index contributed by atoms with van der Waals surface area (Å²) in [7, 11) is 0. The van der Waals surface area contributed by atoms with Crippen molar-refractivity contribution in [3.8, 4) is 5.75 Å². The Morgan fingerprint density at radius 2 is 1.76 bits per heavy atom. The lowest BCUT2D eigenvalue weighted by Crippen LogP contribution is -2.60. The Morgan fingerprint density at radius 1 is 1.03 bits per heavy atom. The smallest absolute Gasteiger partial charge is 0.338 e. The molecular weight excluding hydrogens is 456 g/mol. The monoisotopic (exact) mass is 482 g/mol. The summed E-state index contributed by atoms with van der Waals surface area (Å²) in [4.78, 5) is 12.7. The molecule has 0 spiro atoms. The van der Waals surface area contributed by atoms with Crippen LogP contribution in [0, 0.1) is 11.8 Å². The van der Waals surface area contributed by atoms with Gasteiger partial charge in [0.15, 0.2) is 6.29 Å². The number of aromatic hydroxyl groups is 1. The molecule has 1 saturated carbocycles. The number of esters is 1. The molecule has 1 aromatic carbocycles. The van der Waals surface area contributed by atoms with Crippen molar-refractivity contribution in [1.82, 2.24) is 0 Å². The van der Waals surface area contributed by atoms with Gasteiger partial charge in [0, 0.05) is 5.92 Å². The van der Waals surface area contributed by atoms with Crippen molar-refractivity contribution in [2.24, 2.45) is 11.8 Å². The summed E-state index contributed by atoms with van der Waals surface area (Å²) in [5.41, 5.74) is -0.907. The first kappa shape index (κ1) is 23.5. The molecule has 12 nitrogen and oxygen atoms in total. The first-order valence-electron chi connectivity index (χ1n) is 10.9. The summed E-state index contributed by atoms with van der Waals surface area (Å²) < 4.78 is 28.3. The number of hydrogen-bond acceptors (Lipinski definition) is 12. The fourth-order valence-electron chi connectivity index (χ4n) is 5.08. The highest BCUT2D eigenvalue weighted by atomic mass is 16.8. The quantitative estimate of drug-likeness (QED) is 0.193. The third kappa shape index (κ3) is 3.67. The minimum atomic E-state index is -1.64. The normalized spacial score (nSPS) is 44.6. The van der Waals surface area contributed by atoms with Crippen LogP contribution in [-0.4, -0.2) is 105 Å². The number of carbonyl (C=O) groups is 1. The topological polar surface area (TPSA) is 188 Å². The van der Waals surface area contributed by atoms with E-state index < -0.39 is 85.8 Å². The number of benzene rings is 1. The van der Waals surface area contributed by atoms with E-state index in [2.05, 4.69) is 0 Å². The largest absolute Gasteiger partial charge is 0.508 e. The van der Waals surface area contributed by atoms with Gasteiger partial charge in [-0.15, -0.1) is 0 Å². The van der Waals surface area contributed by atoms with Crippen LogP contribution >= 0.6 is 0 Å². The molecule has 0 amide bonds. The molecule has 11 atom stereocenters. The number of ether oxygens (including phenoxy) is 5. The molecule has 5 rings (SSSR count). The van der Waals surface area contributed by atoms with E-state index in [1.54, 1.807) is 6.08 Å². The van der Waals surface area contributed by atoms with Gasteiger partial charge in [0.05, 0.1) is 31.0 Å². The molecule has 0 radical (unpaired) electrons. The second-order valence-corrected chi connectivity index (χ2v) is 8.84. The van der Waals surface area contributed by atoms with Gasteiger partial charge in [0.25, 0.3) is 0 Å². The van der Waals surface area contributed by atoms with Gasteiger partial charge in [-0.1, -0.05) is 0 Å². The maximum atomic E-state index is 12.7. The van der Waals surface area contributed by atoms with Gasteiger partial charge in [-0.2, -0.15) is 0 Å². The van der Waals surface area contributed by atoms with Crippen LogP contribution in [-0.2, 0) is 23.7 Å². The second kappa shape index (κ2) is 8.73. The molecule has 12 heteroatoms. The van der Waals surface area contributed by atoms with Crippen molar-refractivity contribution in [1.29, 1.82) is 0 Å². The highest BCUT2D eigenvalue weighted by Crippen LogP contribution is 2.60. The number of rotatable bonds is 6. The Kier molecular flexibility index (Phi) is 6.02. The standard InChI is InChI=1S/C22H26O12/c23-7-12-14(26)15(27)16(28)21(31-12)33-20-13-11(5-6-30-20)17(18-22(13,8-24)34-18)32-19(29)9-1-3-10(25)4-2-9/h1-6,11-18,20-21,23-28H,7-8H2/t11-,12-,13-,14-,15+,16-,17+,18+,20+,21-,22-/m1/s1. The third-order valence-corrected chi connectivity index (χ3v) is 6.94. The van der Waals surface area contributed by atoms with Gasteiger partial charge in [0.2, 0.25) is 6.29 Å². The number of hydrogen-bond donors (Lipinski definition) is 6. The van der Waals surface area contributed by atoms with Gasteiger partial charge in [-0.05, 0) is 30.3 Å². The SMILES string of the molecule is O=C(O[C@H]1[C@@H]2C=CO[C@@H](O[C@H]3O[C@H](CO)[C@@H](O)[C@H](O)[C@H]3O)[C@@H]2[C@@]2(CO)O[C@@H]12)c1ccc(O)cc1. The average molecular weight is 482 g/mol. The van der Waals surface area contributed by atoms with Crippen LogP contribution in [0.4, 0.5) is 0 Å². The summed E-state index contributed by atoms with van der Waals surface area (Å²) in [6.45, 7) is -1.04. The highest BCUT2D eigenvalue weighted by molar-refractivity contribution is 5.89. The molecule has 3 heterocycles. The van der Waals surface area contributed by atoms with Crippen molar-refractivity contribution in [2.75, 3.05) is 13.2 Å². The maximum absolute atomic E-state index is 12.7. The number of phenols is 1. The fourth-order valence-corrected chi connectivity index (χ4v) is 5.08. The predicted molar refractivity (Wildman–Crippen MR) is 108 cm³/mol. The Labute approximate surface area is 193 Å². The van der Waals surface area contributed by atoms with E-state index in [1.807, 2.05) is 0 Å². The van der Waals surface area contributed by atoms with Crippen LogP contribution in [0.1, 0.15) is 10.4 Å². The molecule has 4 aliphatic rings. The van der Waals surface area contributed by atoms with E-state index in [1.165, 1.54) is 30.5 Å². The maximum Gasteiger partial charge on any atom is 0.338 e. The second-order valence-electron chi connectivity index (χ2n) is 8.84. The third-order valence-electron chi connectivity index (χ3n) is 6.94. The van der Waals surface area contributed by atoms with Crippen molar-refractivity contribution in [3.63, 3.8) is 0 Å². The molecular formula is C22H26O12. The summed E-state index contributed by atoms with van der Waals surface area (Å²) in [6, 6.07) is 5.56. The van der Waals surface area contributed by atoms with Gasteiger partial charge in [0.1, 0.15) is 48.0 Å². The first-order valence-corrected chi connectivity index (χ1v) is 10.9. The lowest BCUT2D eigenvalue weighted by atomic mass is 9.85. The molecule has 1 aliphatic carbocycles. The molecule has 3 aliphatic heterocycles. The molecule has 34 heavy (non-hydrogen) atoms. The fraction of sp³-hybridized carbons (Fsp3) is 0.591. The van der Waals surface area contributed by atoms with Crippen molar-refractivity contribution < 1.29 is 59.1 Å². The lowest BCUT2D eigenvalue weighted by Gasteiger charge is -2.43. The minimum Gasteiger partial charge on any atom is -0.508 e. The Morgan fingerprint density at radius 3 is 2.44 bits per heavy atom. The van der Waals surface area contributed by atoms with Crippen LogP contribution < -0.4 is 0 Å². The zero-order valence-corrected chi connectivity index (χ0v) is 17.8. The first-order chi connectivity index (χ1) is 16.3. The number of aliphatic hydroxyl groups is 5. The molecule has 0 aromatic heterocycles. The highest BCUT2D eigenvalue weighted by Gasteiger charge is 2.77. The Hall–Kier alpha value is -2.29. The van der Waals surface area contributed by atoms with Gasteiger partial charge < -0.3 is 54.3 Å². The summed E-state index contributed by atoms with van der Waals surface area (Å²) in [6.07, 6.45) is -6.99. The molecule has 0 unspecified atom stereocenters. The predicted octanol–water partition coefficient (Wildman–Crippen LogP) is -2.02. The van der Waals surface area contributed by atoms with E-state index >= 15 is 0 Å². The number of aliphatic hydroxyl groups excluding tert-OH is 5. The Balaban J connectivity index is 1.34. The van der Waals surface area contributed by atoms with Crippen LogP contribution in [0.3, 0.4) is 0 Å². The summed E-state index contributed by atoms with van der Waals surface area (Å²) in [5, 5.41) is 59.3. The van der Waals surface area contributed by atoms with Crippen LogP contribution in [0.15, 0.2) is 36.6 Å². The van der Waals surface area contributed by atoms with E-state index in [4.69, 9.17) is 23.7 Å². The number of carbonyl (C=O) groups excluding carboxylic acids is 1. The molecule has 186 valence electrons. The van der Waals surface area contributed by atoms with E-state index in [0.717, 1.165) is 0 Å². The van der Waals surface area contributed by atoms with Gasteiger partial charge in [-0.3, -0.25) is 0 Å². The van der Waals surface area contributed by atoms with Crippen LogP contribution in [0.5, 0.6) is 5.75 Å². The van der Waals surface area contributed by atoms with E-state index in [-0.39, 0.29) is 11.3 Å². The Bertz CT molecular complexity index is 934. The van der Waals surface area contributed by atoms with Gasteiger partial charge >= 0.3 is 5.97 Å². The van der Waals surface area contributed by atoms with E-state index in [0.29, 0.717) is 0 Å². The summed E-state index contributed by atoms with van der Waals surface area (Å²) >= 11 is 0. The lowest BCUT2D eigenvalue weighted by molar-refractivity contribution is -0.344. The zero-order valence-electron chi connectivity index (χ0n) is 17.8. The van der Waals surface area contributed by atoms with Crippen molar-refractivity contribution >= 4 is 5.97 Å². The van der Waals surface area contributed by atoms with Gasteiger partial charge in [-0.25, -0.2) is 4.79 Å². The van der Waals surface area contributed by atoms with Crippen molar-refractivity contribution in [2.45, 2.75) is 54.8 Å². The molecule has 3 fully saturated rings. The molecule has 0 bridgehead atoms. The van der Waals surface area contributed by atoms with Crippen LogP contribution in [0.25, 0.3) is 0 Å². The molecule has 2 saturated heterocycles. The summed E-state index contributed by atoms with van der Waals surface area (Å²) in [5.74, 6) is -1.78. The minimum absolute atomic E-state index is 0.00264. The zero-order chi connectivity index (χ0) is 24.2. The average Bonchev–Trinajstić information content (AvgIpc) is 3.52. The molecule has 6 N–H and O–H groups in total. The number of epoxide rings is 1. The molecule has 1 aromatic rings. The van der Waals surface area contributed by atoms with E-state index in [9.17, 15) is 35.4 Å². The van der Waals surface area contributed by atoms with Crippen molar-refractivity contribution in [3.05, 3.63) is 42.2 Å².